The molecule has 1 aromatic rings. The number of nitrogens with one attached hydrogen (secondary N) is 1. The van der Waals surface area contributed by atoms with Crippen LogP contribution in [0.3, 0.4) is 0 Å². The standard InChI is InChI=1S/C13H20FNO/c1-4-11(15-5-2)8-10-6-7-13(16-3)12(14)9-10/h6-7,9,11,15H,4-5,8H2,1-3H3. The van der Waals surface area contributed by atoms with Crippen LogP contribution in [0.25, 0.3) is 0 Å². The molecule has 0 aromatic heterocycles. The number of methoxy groups -OCH3 is 1. The molecule has 90 valence electrons. The van der Waals surface area contributed by atoms with E-state index in [-0.39, 0.29) is 5.82 Å². The van der Waals surface area contributed by atoms with Gasteiger partial charge in [0.2, 0.25) is 0 Å². The highest BCUT2D eigenvalue weighted by molar-refractivity contribution is 5.29. The summed E-state index contributed by atoms with van der Waals surface area (Å²) in [6, 6.07) is 5.57. The van der Waals surface area contributed by atoms with E-state index in [1.807, 2.05) is 6.07 Å². The molecule has 1 atom stereocenters. The average molecular weight is 225 g/mol. The second-order valence-electron chi connectivity index (χ2n) is 3.84. The predicted molar refractivity (Wildman–Crippen MR) is 64.4 cm³/mol. The molecule has 0 amide bonds. The Labute approximate surface area is 96.8 Å². The molecule has 1 rings (SSSR count). The molecule has 3 heteroatoms. The van der Waals surface area contributed by atoms with Crippen molar-refractivity contribution in [3.05, 3.63) is 29.6 Å². The Hall–Kier alpha value is -1.09. The Kier molecular flexibility index (Phi) is 5.26. The first-order chi connectivity index (χ1) is 7.71. The normalized spacial score (nSPS) is 12.5. The topological polar surface area (TPSA) is 21.3 Å². The number of likely N-dealkylation sites (N-methyl/N-ethyl adjacent to an activating group) is 1. The van der Waals surface area contributed by atoms with Gasteiger partial charge in [-0.05, 0) is 37.1 Å². The molecular formula is C13H20FNO. The molecule has 0 aliphatic carbocycles. The lowest BCUT2D eigenvalue weighted by Gasteiger charge is -2.16. The van der Waals surface area contributed by atoms with Crippen molar-refractivity contribution in [2.75, 3.05) is 13.7 Å². The molecule has 2 nitrogen and oxygen atoms in total. The van der Waals surface area contributed by atoms with Gasteiger partial charge in [-0.15, -0.1) is 0 Å². The lowest BCUT2D eigenvalue weighted by atomic mass is 10.0. The Morgan fingerprint density at radius 2 is 2.12 bits per heavy atom. The zero-order chi connectivity index (χ0) is 12.0. The summed E-state index contributed by atoms with van der Waals surface area (Å²) in [4.78, 5) is 0. The largest absolute Gasteiger partial charge is 0.494 e. The number of hydrogen-bond acceptors (Lipinski definition) is 2. The van der Waals surface area contributed by atoms with Crippen molar-refractivity contribution >= 4 is 0 Å². The third-order valence-electron chi connectivity index (χ3n) is 2.68. The highest BCUT2D eigenvalue weighted by atomic mass is 19.1. The van der Waals surface area contributed by atoms with Crippen molar-refractivity contribution < 1.29 is 9.13 Å². The first-order valence-corrected chi connectivity index (χ1v) is 5.77. The number of hydrogen-bond donors (Lipinski definition) is 1. The van der Waals surface area contributed by atoms with E-state index in [9.17, 15) is 4.39 Å². The minimum absolute atomic E-state index is 0.286. The zero-order valence-corrected chi connectivity index (χ0v) is 10.2. The Balaban J connectivity index is 2.69. The second kappa shape index (κ2) is 6.48. The Morgan fingerprint density at radius 1 is 1.38 bits per heavy atom. The van der Waals surface area contributed by atoms with Gasteiger partial charge < -0.3 is 10.1 Å². The monoisotopic (exact) mass is 225 g/mol. The third-order valence-corrected chi connectivity index (χ3v) is 2.68. The molecular weight excluding hydrogens is 205 g/mol. The van der Waals surface area contributed by atoms with Crippen LogP contribution >= 0.6 is 0 Å². The fourth-order valence-corrected chi connectivity index (χ4v) is 1.77. The molecule has 0 radical (unpaired) electrons. The van der Waals surface area contributed by atoms with Gasteiger partial charge >= 0.3 is 0 Å². The maximum Gasteiger partial charge on any atom is 0.165 e. The van der Waals surface area contributed by atoms with Gasteiger partial charge in [-0.1, -0.05) is 19.9 Å². The van der Waals surface area contributed by atoms with Crippen LogP contribution in [0.15, 0.2) is 18.2 Å². The third kappa shape index (κ3) is 3.49. The number of rotatable bonds is 6. The van der Waals surface area contributed by atoms with Gasteiger partial charge in [0, 0.05) is 6.04 Å². The van der Waals surface area contributed by atoms with Gasteiger partial charge in [-0.25, -0.2) is 4.39 Å². The number of ether oxygens (including phenoxy) is 1. The van der Waals surface area contributed by atoms with Gasteiger partial charge in [0.15, 0.2) is 11.6 Å². The van der Waals surface area contributed by atoms with E-state index < -0.39 is 0 Å². The fourth-order valence-electron chi connectivity index (χ4n) is 1.77. The van der Waals surface area contributed by atoms with Gasteiger partial charge in [0.25, 0.3) is 0 Å². The van der Waals surface area contributed by atoms with Crippen molar-refractivity contribution in [3.8, 4) is 5.75 Å². The average Bonchev–Trinajstić information content (AvgIpc) is 2.28. The molecule has 16 heavy (non-hydrogen) atoms. The van der Waals surface area contributed by atoms with Gasteiger partial charge in [-0.3, -0.25) is 0 Å². The minimum atomic E-state index is -0.286. The molecule has 0 aliphatic heterocycles. The fraction of sp³-hybridized carbons (Fsp3) is 0.538. The number of benzene rings is 1. The molecule has 0 saturated heterocycles. The van der Waals surface area contributed by atoms with Crippen LogP contribution in [0.5, 0.6) is 5.75 Å². The van der Waals surface area contributed by atoms with Crippen molar-refractivity contribution in [2.24, 2.45) is 0 Å². The summed E-state index contributed by atoms with van der Waals surface area (Å²) < 4.78 is 18.3. The quantitative estimate of drug-likeness (QED) is 0.803. The summed E-state index contributed by atoms with van der Waals surface area (Å²) in [6.45, 7) is 5.15. The van der Waals surface area contributed by atoms with Crippen LogP contribution in [0, 0.1) is 5.82 Å². The summed E-state index contributed by atoms with van der Waals surface area (Å²) in [5, 5.41) is 3.38. The van der Waals surface area contributed by atoms with Crippen LogP contribution in [0.2, 0.25) is 0 Å². The second-order valence-corrected chi connectivity index (χ2v) is 3.84. The van der Waals surface area contributed by atoms with E-state index >= 15 is 0 Å². The van der Waals surface area contributed by atoms with E-state index in [0.29, 0.717) is 11.8 Å². The van der Waals surface area contributed by atoms with Gasteiger partial charge in [0.1, 0.15) is 0 Å². The minimum Gasteiger partial charge on any atom is -0.494 e. The first-order valence-electron chi connectivity index (χ1n) is 5.77. The van der Waals surface area contributed by atoms with Crippen LogP contribution in [0.4, 0.5) is 4.39 Å². The molecule has 0 bridgehead atoms. The Morgan fingerprint density at radius 3 is 2.62 bits per heavy atom. The summed E-state index contributed by atoms with van der Waals surface area (Å²) in [5.41, 5.74) is 1.01. The predicted octanol–water partition coefficient (Wildman–Crippen LogP) is 2.76. The van der Waals surface area contributed by atoms with E-state index in [1.165, 1.54) is 7.11 Å². The summed E-state index contributed by atoms with van der Waals surface area (Å²) >= 11 is 0. The van der Waals surface area contributed by atoms with E-state index in [1.54, 1.807) is 12.1 Å². The molecule has 0 fully saturated rings. The smallest absolute Gasteiger partial charge is 0.165 e. The van der Waals surface area contributed by atoms with E-state index in [0.717, 1.165) is 24.9 Å². The van der Waals surface area contributed by atoms with Crippen LogP contribution in [-0.4, -0.2) is 19.7 Å². The van der Waals surface area contributed by atoms with Crippen LogP contribution in [0.1, 0.15) is 25.8 Å². The Bertz CT molecular complexity index is 328. The summed E-state index contributed by atoms with van der Waals surface area (Å²) in [5.74, 6) is 0.0200. The lowest BCUT2D eigenvalue weighted by molar-refractivity contribution is 0.386. The molecule has 0 spiro atoms. The first kappa shape index (κ1) is 13.0. The summed E-state index contributed by atoms with van der Waals surface area (Å²) in [7, 11) is 1.48. The van der Waals surface area contributed by atoms with Crippen LogP contribution < -0.4 is 10.1 Å². The van der Waals surface area contributed by atoms with Crippen molar-refractivity contribution in [1.29, 1.82) is 0 Å². The molecule has 1 unspecified atom stereocenters. The molecule has 0 heterocycles. The summed E-state index contributed by atoms with van der Waals surface area (Å²) in [6.07, 6.45) is 1.90. The number of halogens is 1. The lowest BCUT2D eigenvalue weighted by Crippen LogP contribution is -2.30. The molecule has 1 N–H and O–H groups in total. The SMILES string of the molecule is CCNC(CC)Cc1ccc(OC)c(F)c1. The van der Waals surface area contributed by atoms with Crippen molar-refractivity contribution in [3.63, 3.8) is 0 Å². The van der Waals surface area contributed by atoms with Crippen molar-refractivity contribution in [2.45, 2.75) is 32.7 Å². The van der Waals surface area contributed by atoms with Gasteiger partial charge in [0.05, 0.1) is 7.11 Å². The van der Waals surface area contributed by atoms with Gasteiger partial charge in [-0.2, -0.15) is 0 Å². The maximum absolute atomic E-state index is 13.4. The van der Waals surface area contributed by atoms with Crippen LogP contribution in [-0.2, 0) is 6.42 Å². The van der Waals surface area contributed by atoms with Crippen molar-refractivity contribution in [1.82, 2.24) is 5.32 Å². The zero-order valence-electron chi connectivity index (χ0n) is 10.2. The molecule has 1 aromatic carbocycles. The highest BCUT2D eigenvalue weighted by Gasteiger charge is 2.08. The molecule has 0 aliphatic rings. The van der Waals surface area contributed by atoms with E-state index in [2.05, 4.69) is 19.2 Å². The molecule has 0 saturated carbocycles. The van der Waals surface area contributed by atoms with E-state index in [4.69, 9.17) is 4.74 Å². The maximum atomic E-state index is 13.4. The highest BCUT2D eigenvalue weighted by Crippen LogP contribution is 2.18.